The SMILES string of the molecule is Cc1ccc([C@H](NCC(=O)Nc2c(C)cc(C)cc2C)c2cccs2)cc1. The second-order valence-electron chi connectivity index (χ2n) is 7.06. The summed E-state index contributed by atoms with van der Waals surface area (Å²) in [5.41, 5.74) is 6.70. The summed E-state index contributed by atoms with van der Waals surface area (Å²) in [6, 6.07) is 16.8. The van der Waals surface area contributed by atoms with Crippen molar-refractivity contribution in [1.29, 1.82) is 0 Å². The molecule has 1 heterocycles. The van der Waals surface area contributed by atoms with Crippen LogP contribution in [0.2, 0.25) is 0 Å². The molecule has 0 saturated heterocycles. The van der Waals surface area contributed by atoms with Gasteiger partial charge in [0.1, 0.15) is 0 Å². The van der Waals surface area contributed by atoms with E-state index in [-0.39, 0.29) is 18.5 Å². The molecule has 4 heteroatoms. The Labute approximate surface area is 165 Å². The molecule has 0 aliphatic carbocycles. The van der Waals surface area contributed by atoms with Gasteiger partial charge in [-0.05, 0) is 55.8 Å². The largest absolute Gasteiger partial charge is 0.324 e. The summed E-state index contributed by atoms with van der Waals surface area (Å²) in [4.78, 5) is 13.8. The molecule has 140 valence electrons. The number of thiophene rings is 1. The maximum atomic E-state index is 12.6. The Hall–Kier alpha value is -2.43. The first kappa shape index (κ1) is 19.3. The zero-order valence-electron chi connectivity index (χ0n) is 16.3. The summed E-state index contributed by atoms with van der Waals surface area (Å²) in [5.74, 6) is -0.0290. The van der Waals surface area contributed by atoms with E-state index in [1.54, 1.807) is 11.3 Å². The number of hydrogen-bond donors (Lipinski definition) is 2. The van der Waals surface area contributed by atoms with Crippen molar-refractivity contribution in [2.45, 2.75) is 33.7 Å². The van der Waals surface area contributed by atoms with Gasteiger partial charge in [0, 0.05) is 10.6 Å². The maximum Gasteiger partial charge on any atom is 0.238 e. The van der Waals surface area contributed by atoms with Gasteiger partial charge in [-0.25, -0.2) is 0 Å². The molecule has 0 saturated carbocycles. The fraction of sp³-hybridized carbons (Fsp3) is 0.261. The van der Waals surface area contributed by atoms with Gasteiger partial charge in [-0.15, -0.1) is 11.3 Å². The van der Waals surface area contributed by atoms with Gasteiger partial charge in [-0.3, -0.25) is 10.1 Å². The number of amides is 1. The van der Waals surface area contributed by atoms with Crippen LogP contribution in [-0.4, -0.2) is 12.5 Å². The van der Waals surface area contributed by atoms with Crippen LogP contribution in [0.5, 0.6) is 0 Å². The number of benzene rings is 2. The Morgan fingerprint density at radius 3 is 2.22 bits per heavy atom. The first-order chi connectivity index (χ1) is 12.9. The van der Waals surface area contributed by atoms with Gasteiger partial charge in [0.25, 0.3) is 0 Å². The maximum absolute atomic E-state index is 12.6. The lowest BCUT2D eigenvalue weighted by Gasteiger charge is -2.19. The molecule has 0 radical (unpaired) electrons. The van der Waals surface area contributed by atoms with E-state index in [1.807, 2.05) is 19.9 Å². The van der Waals surface area contributed by atoms with Crippen LogP contribution < -0.4 is 10.6 Å². The highest BCUT2D eigenvalue weighted by Gasteiger charge is 2.17. The highest BCUT2D eigenvalue weighted by Crippen LogP contribution is 2.26. The summed E-state index contributed by atoms with van der Waals surface area (Å²) in [7, 11) is 0. The predicted octanol–water partition coefficient (Wildman–Crippen LogP) is 5.30. The molecule has 2 N–H and O–H groups in total. The molecule has 2 aromatic carbocycles. The van der Waals surface area contributed by atoms with Crippen LogP contribution in [0.4, 0.5) is 5.69 Å². The van der Waals surface area contributed by atoms with Crippen molar-refractivity contribution >= 4 is 22.9 Å². The zero-order valence-corrected chi connectivity index (χ0v) is 17.1. The monoisotopic (exact) mass is 378 g/mol. The predicted molar refractivity (Wildman–Crippen MR) is 115 cm³/mol. The van der Waals surface area contributed by atoms with E-state index < -0.39 is 0 Å². The average molecular weight is 379 g/mol. The minimum atomic E-state index is -0.0290. The van der Waals surface area contributed by atoms with Crippen molar-refractivity contribution < 1.29 is 4.79 Å². The molecule has 0 aliphatic rings. The topological polar surface area (TPSA) is 41.1 Å². The van der Waals surface area contributed by atoms with E-state index in [1.165, 1.54) is 21.6 Å². The number of carbonyl (C=O) groups is 1. The lowest BCUT2D eigenvalue weighted by atomic mass is 10.0. The van der Waals surface area contributed by atoms with E-state index in [2.05, 4.69) is 72.3 Å². The Kier molecular flexibility index (Phi) is 6.09. The number of aryl methyl sites for hydroxylation is 4. The Morgan fingerprint density at radius 1 is 0.963 bits per heavy atom. The molecule has 0 spiro atoms. The van der Waals surface area contributed by atoms with Crippen molar-refractivity contribution in [1.82, 2.24) is 5.32 Å². The third-order valence-corrected chi connectivity index (χ3v) is 5.58. The van der Waals surface area contributed by atoms with E-state index in [9.17, 15) is 4.79 Å². The average Bonchev–Trinajstić information content (AvgIpc) is 3.14. The fourth-order valence-electron chi connectivity index (χ4n) is 3.35. The Balaban J connectivity index is 1.72. The molecule has 0 fully saturated rings. The number of hydrogen-bond acceptors (Lipinski definition) is 3. The third kappa shape index (κ3) is 4.85. The summed E-state index contributed by atoms with van der Waals surface area (Å²) in [6.45, 7) is 8.47. The van der Waals surface area contributed by atoms with Gasteiger partial charge in [-0.1, -0.05) is 53.6 Å². The van der Waals surface area contributed by atoms with Crippen molar-refractivity contribution in [3.63, 3.8) is 0 Å². The van der Waals surface area contributed by atoms with Crippen LogP contribution in [0, 0.1) is 27.7 Å². The lowest BCUT2D eigenvalue weighted by molar-refractivity contribution is -0.115. The van der Waals surface area contributed by atoms with Crippen molar-refractivity contribution in [2.75, 3.05) is 11.9 Å². The number of carbonyl (C=O) groups excluding carboxylic acids is 1. The zero-order chi connectivity index (χ0) is 19.4. The van der Waals surface area contributed by atoms with Crippen LogP contribution in [-0.2, 0) is 4.79 Å². The van der Waals surface area contributed by atoms with Crippen molar-refractivity contribution in [3.05, 3.63) is 86.6 Å². The van der Waals surface area contributed by atoms with Gasteiger partial charge in [-0.2, -0.15) is 0 Å². The van der Waals surface area contributed by atoms with E-state index >= 15 is 0 Å². The lowest BCUT2D eigenvalue weighted by Crippen LogP contribution is -2.32. The molecule has 0 aliphatic heterocycles. The Morgan fingerprint density at radius 2 is 1.63 bits per heavy atom. The first-order valence-electron chi connectivity index (χ1n) is 9.15. The molecule has 3 nitrogen and oxygen atoms in total. The molecule has 1 atom stereocenters. The van der Waals surface area contributed by atoms with Gasteiger partial charge in [0.2, 0.25) is 5.91 Å². The van der Waals surface area contributed by atoms with Crippen LogP contribution >= 0.6 is 11.3 Å². The number of anilines is 1. The minimum Gasteiger partial charge on any atom is -0.324 e. The quantitative estimate of drug-likeness (QED) is 0.611. The molecular formula is C23H26N2OS. The highest BCUT2D eigenvalue weighted by atomic mass is 32.1. The molecule has 1 aromatic heterocycles. The van der Waals surface area contributed by atoms with E-state index in [0.29, 0.717) is 0 Å². The molecule has 1 amide bonds. The summed E-state index contributed by atoms with van der Waals surface area (Å²) >= 11 is 1.70. The van der Waals surface area contributed by atoms with Gasteiger partial charge < -0.3 is 5.32 Å². The van der Waals surface area contributed by atoms with Crippen LogP contribution in [0.15, 0.2) is 53.9 Å². The molecule has 3 rings (SSSR count). The highest BCUT2D eigenvalue weighted by molar-refractivity contribution is 7.10. The molecule has 0 bridgehead atoms. The van der Waals surface area contributed by atoms with Gasteiger partial charge in [0.05, 0.1) is 12.6 Å². The molecule has 3 aromatic rings. The van der Waals surface area contributed by atoms with Crippen molar-refractivity contribution in [3.8, 4) is 0 Å². The normalized spacial score (nSPS) is 12.0. The second-order valence-corrected chi connectivity index (χ2v) is 8.04. The smallest absolute Gasteiger partial charge is 0.238 e. The minimum absolute atomic E-state index is 0.0107. The van der Waals surface area contributed by atoms with Crippen molar-refractivity contribution in [2.24, 2.45) is 0 Å². The summed E-state index contributed by atoms with van der Waals surface area (Å²) in [5, 5.41) is 8.56. The summed E-state index contributed by atoms with van der Waals surface area (Å²) < 4.78 is 0. The van der Waals surface area contributed by atoms with E-state index in [4.69, 9.17) is 0 Å². The molecular weight excluding hydrogens is 352 g/mol. The number of rotatable bonds is 6. The molecule has 27 heavy (non-hydrogen) atoms. The first-order valence-corrected chi connectivity index (χ1v) is 10.0. The third-order valence-electron chi connectivity index (χ3n) is 4.65. The van der Waals surface area contributed by atoms with Crippen LogP contribution in [0.25, 0.3) is 0 Å². The fourth-order valence-corrected chi connectivity index (χ4v) is 4.18. The van der Waals surface area contributed by atoms with Crippen LogP contribution in [0.1, 0.15) is 38.7 Å². The second kappa shape index (κ2) is 8.51. The standard InChI is InChI=1S/C23H26N2OS/c1-15-7-9-19(10-8-15)23(20-6-5-11-27-20)24-14-21(26)25-22-17(3)12-16(2)13-18(22)4/h5-13,23-24H,14H2,1-4H3,(H,25,26)/t23-/m0/s1. The van der Waals surface area contributed by atoms with Gasteiger partial charge >= 0.3 is 0 Å². The molecule has 0 unspecified atom stereocenters. The number of nitrogens with one attached hydrogen (secondary N) is 2. The Bertz CT molecular complexity index is 891. The van der Waals surface area contributed by atoms with E-state index in [0.717, 1.165) is 16.8 Å². The van der Waals surface area contributed by atoms with Gasteiger partial charge in [0.15, 0.2) is 0 Å². The van der Waals surface area contributed by atoms with Crippen LogP contribution in [0.3, 0.4) is 0 Å². The summed E-state index contributed by atoms with van der Waals surface area (Å²) in [6.07, 6.45) is 0.